The van der Waals surface area contributed by atoms with E-state index >= 15 is 0 Å². The molecular formula is C17H22N2O3. The number of rotatable bonds is 5. The summed E-state index contributed by atoms with van der Waals surface area (Å²) >= 11 is 0. The molecule has 1 N–H and O–H groups in total. The molecule has 118 valence electrons. The van der Waals surface area contributed by atoms with E-state index in [0.717, 1.165) is 5.56 Å². The highest BCUT2D eigenvalue weighted by atomic mass is 16.5. The second-order valence-corrected chi connectivity index (χ2v) is 6.26. The predicted molar refractivity (Wildman–Crippen MR) is 85.2 cm³/mol. The van der Waals surface area contributed by atoms with Gasteiger partial charge in [0.15, 0.2) is 0 Å². The average Bonchev–Trinajstić information content (AvgIpc) is 2.88. The minimum absolute atomic E-state index is 0.0859. The second-order valence-electron chi connectivity index (χ2n) is 6.26. The van der Waals surface area contributed by atoms with Crippen LogP contribution in [0.5, 0.6) is 0 Å². The first-order chi connectivity index (χ1) is 10.3. The van der Waals surface area contributed by atoms with Crippen LogP contribution in [0, 0.1) is 0 Å². The van der Waals surface area contributed by atoms with Crippen LogP contribution >= 0.6 is 0 Å². The number of carboxylic acid groups (broad SMARTS) is 1. The molecule has 0 atom stereocenters. The standard InChI is InChI=1S/C17H22N2O3/c1-17(2,3)13-7-5-12(6-8-13)14-11-15(16(20)21)19(18-14)9-10-22-4/h5-8,11H,9-10H2,1-4H3,(H,20,21). The van der Waals surface area contributed by atoms with E-state index in [4.69, 9.17) is 4.74 Å². The third-order valence-electron chi connectivity index (χ3n) is 3.55. The number of ether oxygens (including phenoxy) is 1. The molecule has 1 heterocycles. The maximum atomic E-state index is 11.3. The van der Waals surface area contributed by atoms with Crippen molar-refractivity contribution in [2.45, 2.75) is 32.7 Å². The van der Waals surface area contributed by atoms with E-state index in [2.05, 4.69) is 38.0 Å². The van der Waals surface area contributed by atoms with Gasteiger partial charge in [0.1, 0.15) is 5.69 Å². The van der Waals surface area contributed by atoms with E-state index in [0.29, 0.717) is 18.8 Å². The van der Waals surface area contributed by atoms with E-state index in [1.54, 1.807) is 13.2 Å². The van der Waals surface area contributed by atoms with E-state index < -0.39 is 5.97 Å². The summed E-state index contributed by atoms with van der Waals surface area (Å²) in [6.07, 6.45) is 0. The van der Waals surface area contributed by atoms with Gasteiger partial charge in [-0.15, -0.1) is 0 Å². The van der Waals surface area contributed by atoms with Gasteiger partial charge in [0.25, 0.3) is 0 Å². The summed E-state index contributed by atoms with van der Waals surface area (Å²) in [5, 5.41) is 13.7. The lowest BCUT2D eigenvalue weighted by Crippen LogP contribution is -2.13. The lowest BCUT2D eigenvalue weighted by molar-refractivity contribution is 0.0680. The molecule has 2 aromatic rings. The zero-order valence-corrected chi connectivity index (χ0v) is 13.5. The van der Waals surface area contributed by atoms with Crippen molar-refractivity contribution in [2.75, 3.05) is 13.7 Å². The highest BCUT2D eigenvalue weighted by molar-refractivity contribution is 5.87. The topological polar surface area (TPSA) is 64.4 Å². The van der Waals surface area contributed by atoms with Crippen molar-refractivity contribution in [3.63, 3.8) is 0 Å². The van der Waals surface area contributed by atoms with E-state index in [1.165, 1.54) is 10.2 Å². The quantitative estimate of drug-likeness (QED) is 0.921. The number of methoxy groups -OCH3 is 1. The lowest BCUT2D eigenvalue weighted by atomic mass is 9.86. The Kier molecular flexibility index (Phi) is 4.66. The Labute approximate surface area is 130 Å². The zero-order chi connectivity index (χ0) is 16.3. The second kappa shape index (κ2) is 6.32. The normalized spacial score (nSPS) is 11.6. The fourth-order valence-electron chi connectivity index (χ4n) is 2.22. The van der Waals surface area contributed by atoms with Crippen molar-refractivity contribution in [3.8, 4) is 11.3 Å². The zero-order valence-electron chi connectivity index (χ0n) is 13.5. The molecule has 2 rings (SSSR count). The summed E-state index contributed by atoms with van der Waals surface area (Å²) in [6.45, 7) is 7.31. The number of aromatic carboxylic acids is 1. The van der Waals surface area contributed by atoms with Gasteiger partial charge >= 0.3 is 5.97 Å². The number of hydrogen-bond acceptors (Lipinski definition) is 3. The molecule has 0 amide bonds. The fourth-order valence-corrected chi connectivity index (χ4v) is 2.22. The van der Waals surface area contributed by atoms with Crippen molar-refractivity contribution in [3.05, 3.63) is 41.6 Å². The maximum absolute atomic E-state index is 11.3. The number of nitrogens with zero attached hydrogens (tertiary/aromatic N) is 2. The van der Waals surface area contributed by atoms with Gasteiger partial charge in [-0.2, -0.15) is 5.10 Å². The van der Waals surface area contributed by atoms with Gasteiger partial charge in [0.05, 0.1) is 18.8 Å². The molecule has 0 saturated heterocycles. The molecular weight excluding hydrogens is 280 g/mol. The highest BCUT2D eigenvalue weighted by Gasteiger charge is 2.17. The number of aromatic nitrogens is 2. The Balaban J connectivity index is 2.34. The third-order valence-corrected chi connectivity index (χ3v) is 3.55. The first-order valence-electron chi connectivity index (χ1n) is 7.24. The molecule has 0 fully saturated rings. The van der Waals surface area contributed by atoms with Gasteiger partial charge < -0.3 is 9.84 Å². The fraction of sp³-hybridized carbons (Fsp3) is 0.412. The lowest BCUT2D eigenvalue weighted by Gasteiger charge is -2.18. The molecule has 0 unspecified atom stereocenters. The molecule has 1 aromatic heterocycles. The third kappa shape index (κ3) is 3.54. The highest BCUT2D eigenvalue weighted by Crippen LogP contribution is 2.26. The Hall–Kier alpha value is -2.14. The van der Waals surface area contributed by atoms with Crippen LogP contribution in [-0.2, 0) is 16.7 Å². The van der Waals surface area contributed by atoms with Crippen molar-refractivity contribution >= 4 is 5.97 Å². The molecule has 0 spiro atoms. The van der Waals surface area contributed by atoms with Crippen LogP contribution < -0.4 is 0 Å². The van der Waals surface area contributed by atoms with Crippen LogP contribution in [-0.4, -0.2) is 34.6 Å². The summed E-state index contributed by atoms with van der Waals surface area (Å²) in [6, 6.07) is 9.68. The molecule has 0 aliphatic heterocycles. The smallest absolute Gasteiger partial charge is 0.354 e. The van der Waals surface area contributed by atoms with Crippen LogP contribution in [0.2, 0.25) is 0 Å². The van der Waals surface area contributed by atoms with Gasteiger partial charge in [-0.3, -0.25) is 4.68 Å². The maximum Gasteiger partial charge on any atom is 0.354 e. The first kappa shape index (κ1) is 16.2. The van der Waals surface area contributed by atoms with Crippen molar-refractivity contribution in [1.82, 2.24) is 9.78 Å². The SMILES string of the molecule is COCCn1nc(-c2ccc(C(C)(C)C)cc2)cc1C(=O)O. The Morgan fingerprint density at radius 2 is 1.91 bits per heavy atom. The Morgan fingerprint density at radius 1 is 1.27 bits per heavy atom. The molecule has 0 aliphatic rings. The molecule has 5 nitrogen and oxygen atoms in total. The summed E-state index contributed by atoms with van der Waals surface area (Å²) < 4.78 is 6.47. The van der Waals surface area contributed by atoms with Gasteiger partial charge in [0, 0.05) is 12.7 Å². The van der Waals surface area contributed by atoms with Crippen LogP contribution in [0.1, 0.15) is 36.8 Å². The first-order valence-corrected chi connectivity index (χ1v) is 7.24. The minimum atomic E-state index is -0.985. The molecule has 0 radical (unpaired) electrons. The number of carbonyl (C=O) groups is 1. The van der Waals surface area contributed by atoms with Crippen molar-refractivity contribution in [2.24, 2.45) is 0 Å². The van der Waals surface area contributed by atoms with Crippen molar-refractivity contribution < 1.29 is 14.6 Å². The van der Waals surface area contributed by atoms with Crippen LogP contribution in [0.3, 0.4) is 0 Å². The molecule has 5 heteroatoms. The average molecular weight is 302 g/mol. The van der Waals surface area contributed by atoms with Crippen LogP contribution in [0.15, 0.2) is 30.3 Å². The van der Waals surface area contributed by atoms with E-state index in [9.17, 15) is 9.90 Å². The van der Waals surface area contributed by atoms with E-state index in [1.807, 2.05) is 12.1 Å². The van der Waals surface area contributed by atoms with Gasteiger partial charge in [-0.05, 0) is 17.0 Å². The monoisotopic (exact) mass is 302 g/mol. The number of benzene rings is 1. The number of hydrogen-bond donors (Lipinski definition) is 1. The van der Waals surface area contributed by atoms with Crippen molar-refractivity contribution in [1.29, 1.82) is 0 Å². The van der Waals surface area contributed by atoms with Crippen LogP contribution in [0.4, 0.5) is 0 Å². The summed E-state index contributed by atoms with van der Waals surface area (Å²) in [5.74, 6) is -0.985. The number of carboxylic acids is 1. The molecule has 0 aliphatic carbocycles. The summed E-state index contributed by atoms with van der Waals surface area (Å²) in [7, 11) is 1.58. The van der Waals surface area contributed by atoms with Crippen LogP contribution in [0.25, 0.3) is 11.3 Å². The minimum Gasteiger partial charge on any atom is -0.477 e. The van der Waals surface area contributed by atoms with Gasteiger partial charge in [-0.1, -0.05) is 45.0 Å². The summed E-state index contributed by atoms with van der Waals surface area (Å²) in [4.78, 5) is 11.3. The van der Waals surface area contributed by atoms with Gasteiger partial charge in [0.2, 0.25) is 0 Å². The largest absolute Gasteiger partial charge is 0.477 e. The summed E-state index contributed by atoms with van der Waals surface area (Å²) in [5.41, 5.74) is 3.06. The Bertz CT molecular complexity index is 652. The molecule has 0 saturated carbocycles. The van der Waals surface area contributed by atoms with Gasteiger partial charge in [-0.25, -0.2) is 4.79 Å². The molecule has 1 aromatic carbocycles. The van der Waals surface area contributed by atoms with E-state index in [-0.39, 0.29) is 11.1 Å². The predicted octanol–water partition coefficient (Wildman–Crippen LogP) is 3.19. The Morgan fingerprint density at radius 3 is 2.41 bits per heavy atom. The molecule has 0 bridgehead atoms. The molecule has 22 heavy (non-hydrogen) atoms.